The van der Waals surface area contributed by atoms with Crippen LogP contribution in [0.4, 0.5) is 0 Å². The fourth-order valence-corrected chi connectivity index (χ4v) is 2.68. The molecule has 5 nitrogen and oxygen atoms in total. The number of thiazole rings is 1. The minimum Gasteiger partial charge on any atom is -0.480 e. The summed E-state index contributed by atoms with van der Waals surface area (Å²) >= 11 is 1.40. The number of aliphatic carboxylic acids is 1. The van der Waals surface area contributed by atoms with Crippen molar-refractivity contribution in [1.82, 2.24) is 9.97 Å². The second-order valence-electron chi connectivity index (χ2n) is 4.13. The molecule has 0 saturated carbocycles. The molecular weight excluding hydrogens is 252 g/mol. The Morgan fingerprint density at radius 3 is 2.83 bits per heavy atom. The first-order chi connectivity index (χ1) is 8.72. The maximum Gasteiger partial charge on any atom is 0.320 e. The summed E-state index contributed by atoms with van der Waals surface area (Å²) in [6, 6.07) is 5.56. The van der Waals surface area contributed by atoms with E-state index in [0.717, 1.165) is 10.7 Å². The van der Waals surface area contributed by atoms with E-state index in [1.54, 1.807) is 11.6 Å². The van der Waals surface area contributed by atoms with E-state index in [-0.39, 0.29) is 13.2 Å². The van der Waals surface area contributed by atoms with E-state index in [4.69, 9.17) is 4.74 Å². The Kier molecular flexibility index (Phi) is 2.61. The van der Waals surface area contributed by atoms with Gasteiger partial charge in [0.2, 0.25) is 0 Å². The maximum atomic E-state index is 11.3. The van der Waals surface area contributed by atoms with E-state index >= 15 is 0 Å². The molecule has 0 atom stereocenters. The molecule has 1 N–H and O–H groups in total. The summed E-state index contributed by atoms with van der Waals surface area (Å²) < 4.78 is 5.04. The van der Waals surface area contributed by atoms with Crippen molar-refractivity contribution in [3.05, 3.63) is 35.5 Å². The standard InChI is InChI=1S/C12H10N2O3S/c15-11(16)12(6-17-7-12)9-5-18-10(14-9)8-3-1-2-4-13-8/h1-5H,6-7H2,(H,15,16). The van der Waals surface area contributed by atoms with Crippen molar-refractivity contribution < 1.29 is 14.6 Å². The second-order valence-corrected chi connectivity index (χ2v) is 4.99. The van der Waals surface area contributed by atoms with Crippen LogP contribution in [0.25, 0.3) is 10.7 Å². The van der Waals surface area contributed by atoms with Gasteiger partial charge in [0.05, 0.1) is 24.6 Å². The summed E-state index contributed by atoms with van der Waals surface area (Å²) in [5, 5.41) is 11.8. The number of ether oxygens (including phenoxy) is 1. The van der Waals surface area contributed by atoms with Crippen LogP contribution in [-0.4, -0.2) is 34.3 Å². The van der Waals surface area contributed by atoms with Crippen LogP contribution >= 0.6 is 11.3 Å². The third-order valence-electron chi connectivity index (χ3n) is 2.98. The molecule has 2 aromatic rings. The van der Waals surface area contributed by atoms with E-state index in [2.05, 4.69) is 9.97 Å². The highest BCUT2D eigenvalue weighted by Gasteiger charge is 2.49. The van der Waals surface area contributed by atoms with Crippen molar-refractivity contribution in [2.75, 3.05) is 13.2 Å². The quantitative estimate of drug-likeness (QED) is 0.908. The largest absolute Gasteiger partial charge is 0.480 e. The molecule has 0 radical (unpaired) electrons. The first-order valence-electron chi connectivity index (χ1n) is 5.41. The summed E-state index contributed by atoms with van der Waals surface area (Å²) in [5.74, 6) is -0.883. The lowest BCUT2D eigenvalue weighted by molar-refractivity contribution is -0.163. The number of pyridine rings is 1. The van der Waals surface area contributed by atoms with Gasteiger partial charge in [-0.3, -0.25) is 9.78 Å². The van der Waals surface area contributed by atoms with Gasteiger partial charge >= 0.3 is 5.97 Å². The van der Waals surface area contributed by atoms with Crippen molar-refractivity contribution in [2.45, 2.75) is 5.41 Å². The molecule has 0 aliphatic carbocycles. The van der Waals surface area contributed by atoms with Crippen molar-refractivity contribution in [3.8, 4) is 10.7 Å². The number of hydrogen-bond acceptors (Lipinski definition) is 5. The fraction of sp³-hybridized carbons (Fsp3) is 0.250. The number of hydrogen-bond donors (Lipinski definition) is 1. The molecule has 0 aromatic carbocycles. The van der Waals surface area contributed by atoms with Crippen LogP contribution in [0.5, 0.6) is 0 Å². The highest BCUT2D eigenvalue weighted by Crippen LogP contribution is 2.35. The van der Waals surface area contributed by atoms with Crippen LogP contribution in [0.3, 0.4) is 0 Å². The molecule has 2 aromatic heterocycles. The van der Waals surface area contributed by atoms with E-state index in [0.29, 0.717) is 5.69 Å². The van der Waals surface area contributed by atoms with Gasteiger partial charge in [-0.25, -0.2) is 4.98 Å². The smallest absolute Gasteiger partial charge is 0.320 e. The Balaban J connectivity index is 1.97. The Hall–Kier alpha value is -1.79. The van der Waals surface area contributed by atoms with Gasteiger partial charge in [-0.15, -0.1) is 11.3 Å². The number of rotatable bonds is 3. The zero-order valence-electron chi connectivity index (χ0n) is 9.37. The monoisotopic (exact) mass is 262 g/mol. The van der Waals surface area contributed by atoms with Gasteiger partial charge in [-0.05, 0) is 12.1 Å². The zero-order valence-corrected chi connectivity index (χ0v) is 10.2. The van der Waals surface area contributed by atoms with Gasteiger partial charge in [0.15, 0.2) is 5.41 Å². The minimum absolute atomic E-state index is 0.188. The average Bonchev–Trinajstić information content (AvgIpc) is 2.78. The lowest BCUT2D eigenvalue weighted by atomic mass is 9.83. The predicted molar refractivity (Wildman–Crippen MR) is 65.5 cm³/mol. The normalized spacial score (nSPS) is 17.1. The summed E-state index contributed by atoms with van der Waals surface area (Å²) in [4.78, 5) is 19.9. The van der Waals surface area contributed by atoms with Crippen LogP contribution in [-0.2, 0) is 14.9 Å². The van der Waals surface area contributed by atoms with Gasteiger partial charge in [-0.1, -0.05) is 6.07 Å². The second kappa shape index (κ2) is 4.15. The number of carbonyl (C=O) groups is 1. The number of nitrogens with zero attached hydrogens (tertiary/aromatic N) is 2. The Labute approximate surface area is 107 Å². The molecule has 3 rings (SSSR count). The predicted octanol–water partition coefficient (Wildman–Crippen LogP) is 1.56. The molecule has 1 fully saturated rings. The van der Waals surface area contributed by atoms with Gasteiger partial charge in [0.1, 0.15) is 5.01 Å². The molecule has 1 saturated heterocycles. The molecule has 1 aliphatic heterocycles. The van der Waals surface area contributed by atoms with Gasteiger partial charge in [-0.2, -0.15) is 0 Å². The molecule has 0 bridgehead atoms. The summed E-state index contributed by atoms with van der Waals surface area (Å²) in [5.41, 5.74) is 0.352. The van der Waals surface area contributed by atoms with Gasteiger partial charge < -0.3 is 9.84 Å². The van der Waals surface area contributed by atoms with Crippen LogP contribution in [0.2, 0.25) is 0 Å². The zero-order chi connectivity index (χ0) is 12.6. The molecule has 18 heavy (non-hydrogen) atoms. The van der Waals surface area contributed by atoms with Crippen molar-refractivity contribution in [2.24, 2.45) is 0 Å². The lowest BCUT2D eigenvalue weighted by Gasteiger charge is -2.35. The van der Waals surface area contributed by atoms with E-state index in [9.17, 15) is 9.90 Å². The summed E-state index contributed by atoms with van der Waals surface area (Å²) in [6.07, 6.45) is 1.69. The first-order valence-corrected chi connectivity index (χ1v) is 6.29. The fourth-order valence-electron chi connectivity index (χ4n) is 1.79. The Morgan fingerprint density at radius 1 is 1.44 bits per heavy atom. The maximum absolute atomic E-state index is 11.3. The molecular formula is C12H10N2O3S. The minimum atomic E-state index is -0.969. The average molecular weight is 262 g/mol. The van der Waals surface area contributed by atoms with Gasteiger partial charge in [0, 0.05) is 11.6 Å². The Morgan fingerprint density at radius 2 is 2.28 bits per heavy atom. The van der Waals surface area contributed by atoms with Crippen LogP contribution < -0.4 is 0 Å². The molecule has 0 amide bonds. The van der Waals surface area contributed by atoms with Crippen LogP contribution in [0.15, 0.2) is 29.8 Å². The van der Waals surface area contributed by atoms with Gasteiger partial charge in [0.25, 0.3) is 0 Å². The van der Waals surface area contributed by atoms with Crippen molar-refractivity contribution in [1.29, 1.82) is 0 Å². The van der Waals surface area contributed by atoms with E-state index < -0.39 is 11.4 Å². The lowest BCUT2D eigenvalue weighted by Crippen LogP contribution is -2.53. The topological polar surface area (TPSA) is 72.3 Å². The number of aromatic nitrogens is 2. The highest BCUT2D eigenvalue weighted by molar-refractivity contribution is 7.13. The molecule has 6 heteroatoms. The van der Waals surface area contributed by atoms with E-state index in [1.807, 2.05) is 18.2 Å². The SMILES string of the molecule is O=C(O)C1(c2csc(-c3ccccn3)n2)COC1. The molecule has 0 spiro atoms. The summed E-state index contributed by atoms with van der Waals surface area (Å²) in [6.45, 7) is 0.376. The molecule has 0 unspecified atom stereocenters. The highest BCUT2D eigenvalue weighted by atomic mass is 32.1. The Bertz CT molecular complexity index is 578. The first kappa shape index (κ1) is 11.3. The van der Waals surface area contributed by atoms with Crippen molar-refractivity contribution >= 4 is 17.3 Å². The van der Waals surface area contributed by atoms with Crippen LogP contribution in [0.1, 0.15) is 5.69 Å². The van der Waals surface area contributed by atoms with E-state index in [1.165, 1.54) is 11.3 Å². The van der Waals surface area contributed by atoms with Crippen LogP contribution in [0, 0.1) is 0 Å². The third kappa shape index (κ3) is 1.61. The molecule has 92 valence electrons. The summed E-state index contributed by atoms with van der Waals surface area (Å²) in [7, 11) is 0. The third-order valence-corrected chi connectivity index (χ3v) is 3.85. The number of carboxylic acid groups (broad SMARTS) is 1. The number of carboxylic acids is 1. The molecule has 3 heterocycles. The molecule has 1 aliphatic rings. The van der Waals surface area contributed by atoms with Crippen molar-refractivity contribution in [3.63, 3.8) is 0 Å².